The van der Waals surface area contributed by atoms with E-state index in [1.807, 2.05) is 43.3 Å². The molecule has 19 heavy (non-hydrogen) atoms. The Labute approximate surface area is 111 Å². The summed E-state index contributed by atoms with van der Waals surface area (Å²) in [6.07, 6.45) is 0.181. The Bertz CT molecular complexity index is 510. The van der Waals surface area contributed by atoms with Gasteiger partial charge in [-0.05, 0) is 17.7 Å². The third kappa shape index (κ3) is 2.39. The van der Waals surface area contributed by atoms with E-state index in [0.29, 0.717) is 5.71 Å². The van der Waals surface area contributed by atoms with E-state index in [1.54, 1.807) is 0 Å². The van der Waals surface area contributed by atoms with E-state index in [4.69, 9.17) is 15.7 Å². The Hall–Kier alpha value is -2.08. The predicted octanol–water partition coefficient (Wildman–Crippen LogP) is 0.659. The van der Waals surface area contributed by atoms with E-state index < -0.39 is 11.6 Å². The molecule has 0 saturated carbocycles. The van der Waals surface area contributed by atoms with E-state index in [-0.39, 0.29) is 13.0 Å². The summed E-state index contributed by atoms with van der Waals surface area (Å²) in [5.41, 5.74) is 6.59. The van der Waals surface area contributed by atoms with Crippen LogP contribution < -0.4 is 10.6 Å². The average Bonchev–Trinajstić information content (AvgIpc) is 2.84. The molecule has 0 fully saturated rings. The Balaban J connectivity index is 2.19. The highest BCUT2D eigenvalue weighted by Gasteiger charge is 2.46. The third-order valence-corrected chi connectivity index (χ3v) is 3.22. The molecule has 6 heteroatoms. The highest BCUT2D eigenvalue weighted by atomic mass is 16.7. The lowest BCUT2D eigenvalue weighted by Crippen LogP contribution is -2.45. The van der Waals surface area contributed by atoms with Crippen LogP contribution in [0.2, 0.25) is 0 Å². The molecule has 6 nitrogen and oxygen atoms in total. The van der Waals surface area contributed by atoms with Gasteiger partial charge in [-0.15, -0.1) is 0 Å². The van der Waals surface area contributed by atoms with E-state index in [2.05, 4.69) is 5.16 Å². The minimum absolute atomic E-state index is 0.106. The summed E-state index contributed by atoms with van der Waals surface area (Å²) >= 11 is 0. The summed E-state index contributed by atoms with van der Waals surface area (Å²) in [6, 6.07) is 7.68. The van der Waals surface area contributed by atoms with Gasteiger partial charge in [0.1, 0.15) is 0 Å². The predicted molar refractivity (Wildman–Crippen MR) is 72.4 cm³/mol. The van der Waals surface area contributed by atoms with Crippen LogP contribution in [-0.2, 0) is 9.63 Å². The highest BCUT2D eigenvalue weighted by Crippen LogP contribution is 2.27. The summed E-state index contributed by atoms with van der Waals surface area (Å²) in [5, 5.41) is 13.0. The van der Waals surface area contributed by atoms with Gasteiger partial charge in [-0.1, -0.05) is 17.3 Å². The molecule has 0 bridgehead atoms. The van der Waals surface area contributed by atoms with Gasteiger partial charge in [0.25, 0.3) is 5.60 Å². The first-order chi connectivity index (χ1) is 8.98. The molecular weight excluding hydrogens is 246 g/mol. The van der Waals surface area contributed by atoms with Crippen molar-refractivity contribution < 1.29 is 14.7 Å². The molecule has 0 amide bonds. The average molecular weight is 263 g/mol. The fourth-order valence-electron chi connectivity index (χ4n) is 1.90. The fourth-order valence-corrected chi connectivity index (χ4v) is 1.90. The van der Waals surface area contributed by atoms with Crippen molar-refractivity contribution in [3.63, 3.8) is 0 Å². The number of hydrogen-bond donors (Lipinski definition) is 2. The van der Waals surface area contributed by atoms with Crippen LogP contribution in [0.25, 0.3) is 0 Å². The number of carboxylic acid groups (broad SMARTS) is 1. The molecule has 102 valence electrons. The summed E-state index contributed by atoms with van der Waals surface area (Å²) in [7, 11) is 3.91. The van der Waals surface area contributed by atoms with Crippen molar-refractivity contribution in [3.8, 4) is 0 Å². The third-order valence-electron chi connectivity index (χ3n) is 3.22. The zero-order valence-corrected chi connectivity index (χ0v) is 11.0. The molecule has 0 radical (unpaired) electrons. The maximum Gasteiger partial charge on any atom is 0.352 e. The molecule has 1 aromatic carbocycles. The van der Waals surface area contributed by atoms with Gasteiger partial charge < -0.3 is 20.6 Å². The number of oxime groups is 1. The lowest BCUT2D eigenvalue weighted by atomic mass is 9.94. The Morgan fingerprint density at radius 3 is 2.53 bits per heavy atom. The van der Waals surface area contributed by atoms with E-state index in [9.17, 15) is 4.79 Å². The second-order valence-electron chi connectivity index (χ2n) is 4.75. The molecule has 1 aliphatic heterocycles. The van der Waals surface area contributed by atoms with Gasteiger partial charge in [-0.3, -0.25) is 0 Å². The zero-order valence-electron chi connectivity index (χ0n) is 11.0. The van der Waals surface area contributed by atoms with Gasteiger partial charge in [0.15, 0.2) is 0 Å². The van der Waals surface area contributed by atoms with Gasteiger partial charge in [0.05, 0.1) is 5.71 Å². The van der Waals surface area contributed by atoms with Crippen molar-refractivity contribution in [1.29, 1.82) is 0 Å². The smallest absolute Gasteiger partial charge is 0.352 e. The summed E-state index contributed by atoms with van der Waals surface area (Å²) < 4.78 is 0. The first-order valence-corrected chi connectivity index (χ1v) is 5.95. The quantitative estimate of drug-likeness (QED) is 0.833. The van der Waals surface area contributed by atoms with Crippen molar-refractivity contribution in [1.82, 2.24) is 0 Å². The van der Waals surface area contributed by atoms with E-state index in [0.717, 1.165) is 11.3 Å². The molecule has 0 aromatic heterocycles. The number of nitrogens with two attached hydrogens (primary N) is 1. The van der Waals surface area contributed by atoms with Crippen LogP contribution in [-0.4, -0.2) is 43.0 Å². The van der Waals surface area contributed by atoms with Gasteiger partial charge in [-0.2, -0.15) is 0 Å². The minimum Gasteiger partial charge on any atom is -0.478 e. The number of carbonyl (C=O) groups is 1. The Kier molecular flexibility index (Phi) is 3.44. The zero-order chi connectivity index (χ0) is 14.0. The minimum atomic E-state index is -1.42. The maximum absolute atomic E-state index is 11.2. The molecule has 2 rings (SSSR count). The summed E-state index contributed by atoms with van der Waals surface area (Å²) in [5.74, 6) is -1.08. The topological polar surface area (TPSA) is 88.1 Å². The van der Waals surface area contributed by atoms with E-state index >= 15 is 0 Å². The van der Waals surface area contributed by atoms with Crippen LogP contribution in [0.4, 0.5) is 5.69 Å². The highest BCUT2D eigenvalue weighted by molar-refractivity contribution is 6.04. The van der Waals surface area contributed by atoms with Crippen LogP contribution in [0.5, 0.6) is 0 Å². The van der Waals surface area contributed by atoms with Crippen molar-refractivity contribution in [2.24, 2.45) is 10.9 Å². The molecule has 3 N–H and O–H groups in total. The van der Waals surface area contributed by atoms with Crippen LogP contribution in [0.15, 0.2) is 29.4 Å². The fraction of sp³-hybridized carbons (Fsp3) is 0.385. The van der Waals surface area contributed by atoms with Gasteiger partial charge in [-0.25, -0.2) is 4.79 Å². The number of anilines is 1. The Morgan fingerprint density at radius 2 is 2.11 bits per heavy atom. The molecule has 1 heterocycles. The molecule has 1 atom stereocenters. The van der Waals surface area contributed by atoms with Crippen LogP contribution in [0, 0.1) is 0 Å². The van der Waals surface area contributed by atoms with Crippen LogP contribution in [0.1, 0.15) is 12.0 Å². The maximum atomic E-state index is 11.2. The molecule has 1 aromatic rings. The molecule has 0 spiro atoms. The van der Waals surface area contributed by atoms with Crippen LogP contribution in [0.3, 0.4) is 0 Å². The monoisotopic (exact) mass is 263 g/mol. The number of aliphatic carboxylic acids is 1. The number of carboxylic acids is 1. The van der Waals surface area contributed by atoms with Gasteiger partial charge in [0.2, 0.25) is 0 Å². The second kappa shape index (κ2) is 4.89. The number of benzene rings is 1. The van der Waals surface area contributed by atoms with E-state index in [1.165, 1.54) is 0 Å². The lowest BCUT2D eigenvalue weighted by molar-refractivity contribution is -0.161. The standard InChI is InChI=1S/C13H17N3O3/c1-16(2)10-5-3-9(4-6-10)11-7-13(8-14,12(17)18)19-15-11/h3-6H,7-8,14H2,1-2H3,(H,17,18). The normalized spacial score (nSPS) is 21.7. The molecule has 0 aliphatic carbocycles. The largest absolute Gasteiger partial charge is 0.478 e. The van der Waals surface area contributed by atoms with Crippen molar-refractivity contribution >= 4 is 17.4 Å². The Morgan fingerprint density at radius 1 is 1.47 bits per heavy atom. The first kappa shape index (κ1) is 13.4. The lowest BCUT2D eigenvalue weighted by Gasteiger charge is -2.18. The van der Waals surface area contributed by atoms with Crippen LogP contribution >= 0.6 is 0 Å². The summed E-state index contributed by atoms with van der Waals surface area (Å²) in [4.78, 5) is 18.2. The first-order valence-electron chi connectivity index (χ1n) is 5.95. The molecule has 1 aliphatic rings. The van der Waals surface area contributed by atoms with Gasteiger partial charge in [0, 0.05) is 32.7 Å². The van der Waals surface area contributed by atoms with Crippen molar-refractivity contribution in [3.05, 3.63) is 29.8 Å². The summed E-state index contributed by atoms with van der Waals surface area (Å²) in [6.45, 7) is -0.106. The number of nitrogens with zero attached hydrogens (tertiary/aromatic N) is 2. The molecule has 0 saturated heterocycles. The molecular formula is C13H17N3O3. The van der Waals surface area contributed by atoms with Gasteiger partial charge >= 0.3 is 5.97 Å². The van der Waals surface area contributed by atoms with Crippen molar-refractivity contribution in [2.75, 3.05) is 25.5 Å². The molecule has 1 unspecified atom stereocenters. The second-order valence-corrected chi connectivity index (χ2v) is 4.75. The number of rotatable bonds is 4. The SMILES string of the molecule is CN(C)c1ccc(C2=NOC(CN)(C(=O)O)C2)cc1. The number of hydrogen-bond acceptors (Lipinski definition) is 5. The van der Waals surface area contributed by atoms with Crippen molar-refractivity contribution in [2.45, 2.75) is 12.0 Å².